The molecule has 2 fully saturated rings. The quantitative estimate of drug-likeness (QED) is 0.827. The third kappa shape index (κ3) is 3.28. The monoisotopic (exact) mass is 300 g/mol. The van der Waals surface area contributed by atoms with Gasteiger partial charge in [-0.3, -0.25) is 4.79 Å². The molecule has 2 N–H and O–H groups in total. The zero-order valence-electron chi connectivity index (χ0n) is 12.2. The van der Waals surface area contributed by atoms with Gasteiger partial charge in [0.2, 0.25) is 5.91 Å². The molecule has 0 aromatic heterocycles. The van der Waals surface area contributed by atoms with E-state index in [2.05, 4.69) is 5.32 Å². The fourth-order valence-corrected chi connectivity index (χ4v) is 4.41. The van der Waals surface area contributed by atoms with E-state index in [1.807, 2.05) is 13.8 Å². The second-order valence-electron chi connectivity index (χ2n) is 5.92. The molecule has 0 radical (unpaired) electrons. The molecule has 2 aliphatic heterocycles. The van der Waals surface area contributed by atoms with E-state index in [0.717, 1.165) is 32.2 Å². The van der Waals surface area contributed by atoms with Crippen LogP contribution in [0.1, 0.15) is 39.5 Å². The Morgan fingerprint density at radius 3 is 2.70 bits per heavy atom. The van der Waals surface area contributed by atoms with Crippen molar-refractivity contribution in [1.29, 1.82) is 0 Å². The molecule has 2 aliphatic rings. The molecular weight excluding hydrogens is 276 g/mol. The molecule has 2 heterocycles. The second kappa shape index (κ2) is 6.80. The number of aliphatic carboxylic acids is 1. The second-order valence-corrected chi connectivity index (χ2v) is 7.07. The van der Waals surface area contributed by atoms with Gasteiger partial charge in [-0.2, -0.15) is 0 Å². The topological polar surface area (TPSA) is 69.6 Å². The van der Waals surface area contributed by atoms with Gasteiger partial charge in [-0.05, 0) is 25.3 Å². The highest BCUT2D eigenvalue weighted by molar-refractivity contribution is 8.00. The lowest BCUT2D eigenvalue weighted by Gasteiger charge is -2.32. The van der Waals surface area contributed by atoms with Crippen molar-refractivity contribution in [1.82, 2.24) is 10.2 Å². The number of carbonyl (C=O) groups excluding carboxylic acids is 1. The Hall–Kier alpha value is -0.750. The van der Waals surface area contributed by atoms with Crippen molar-refractivity contribution < 1.29 is 14.7 Å². The van der Waals surface area contributed by atoms with E-state index in [1.54, 1.807) is 16.7 Å². The first-order valence-electron chi connectivity index (χ1n) is 7.42. The summed E-state index contributed by atoms with van der Waals surface area (Å²) in [6.07, 6.45) is 4.08. The van der Waals surface area contributed by atoms with Crippen LogP contribution in [0.15, 0.2) is 0 Å². The lowest BCUT2D eigenvalue weighted by atomic mass is 10.1. The maximum absolute atomic E-state index is 12.8. The SMILES string of the molecule is CC(C)C1SCC(C(=O)O)N1C(=O)C1CCCCCN1. The van der Waals surface area contributed by atoms with Crippen molar-refractivity contribution in [2.75, 3.05) is 12.3 Å². The maximum Gasteiger partial charge on any atom is 0.327 e. The van der Waals surface area contributed by atoms with Gasteiger partial charge in [0.1, 0.15) is 6.04 Å². The summed E-state index contributed by atoms with van der Waals surface area (Å²) in [5.74, 6) is -0.152. The Bertz CT molecular complexity index is 367. The van der Waals surface area contributed by atoms with E-state index < -0.39 is 12.0 Å². The Morgan fingerprint density at radius 2 is 2.05 bits per heavy atom. The van der Waals surface area contributed by atoms with Gasteiger partial charge >= 0.3 is 5.97 Å². The van der Waals surface area contributed by atoms with Crippen LogP contribution in [-0.4, -0.2) is 51.6 Å². The van der Waals surface area contributed by atoms with Crippen LogP contribution in [0, 0.1) is 5.92 Å². The average Bonchev–Trinajstić information content (AvgIpc) is 2.67. The van der Waals surface area contributed by atoms with E-state index in [9.17, 15) is 14.7 Å². The molecule has 20 heavy (non-hydrogen) atoms. The molecule has 0 aliphatic carbocycles. The fourth-order valence-electron chi connectivity index (χ4n) is 2.93. The van der Waals surface area contributed by atoms with Crippen molar-refractivity contribution in [3.63, 3.8) is 0 Å². The molecule has 1 amide bonds. The van der Waals surface area contributed by atoms with Gasteiger partial charge in [0, 0.05) is 5.75 Å². The molecule has 3 unspecified atom stereocenters. The molecule has 0 saturated carbocycles. The van der Waals surface area contributed by atoms with Crippen molar-refractivity contribution in [2.45, 2.75) is 57.0 Å². The van der Waals surface area contributed by atoms with Gasteiger partial charge in [0.05, 0.1) is 11.4 Å². The normalized spacial score (nSPS) is 31.4. The van der Waals surface area contributed by atoms with Gasteiger partial charge in [0.15, 0.2) is 0 Å². The highest BCUT2D eigenvalue weighted by atomic mass is 32.2. The first kappa shape index (κ1) is 15.6. The molecule has 114 valence electrons. The molecule has 6 heteroatoms. The molecule has 0 aromatic rings. The molecule has 2 rings (SSSR count). The minimum absolute atomic E-state index is 0.0198. The zero-order valence-corrected chi connectivity index (χ0v) is 13.0. The summed E-state index contributed by atoms with van der Waals surface area (Å²) in [6, 6.07) is -0.885. The number of rotatable bonds is 3. The highest BCUT2D eigenvalue weighted by Crippen LogP contribution is 2.35. The molecule has 0 bridgehead atoms. The number of amides is 1. The van der Waals surface area contributed by atoms with E-state index >= 15 is 0 Å². The Morgan fingerprint density at radius 1 is 1.30 bits per heavy atom. The Labute approximate surface area is 124 Å². The summed E-state index contributed by atoms with van der Waals surface area (Å²) < 4.78 is 0. The summed E-state index contributed by atoms with van der Waals surface area (Å²) in [5.41, 5.74) is 0. The third-order valence-electron chi connectivity index (χ3n) is 4.00. The van der Waals surface area contributed by atoms with Crippen LogP contribution in [0.4, 0.5) is 0 Å². The number of carboxylic acids is 1. The molecular formula is C14H24N2O3S. The summed E-state index contributed by atoms with van der Waals surface area (Å²) in [7, 11) is 0. The summed E-state index contributed by atoms with van der Waals surface area (Å²) in [4.78, 5) is 25.8. The lowest BCUT2D eigenvalue weighted by molar-refractivity contribution is -0.150. The first-order valence-corrected chi connectivity index (χ1v) is 8.47. The van der Waals surface area contributed by atoms with Crippen LogP contribution in [-0.2, 0) is 9.59 Å². The predicted octanol–water partition coefficient (Wildman–Crippen LogP) is 1.53. The van der Waals surface area contributed by atoms with Crippen molar-refractivity contribution in [2.24, 2.45) is 5.92 Å². The minimum atomic E-state index is -0.886. The summed E-state index contributed by atoms with van der Waals surface area (Å²) in [6.45, 7) is 4.94. The van der Waals surface area contributed by atoms with Crippen molar-refractivity contribution in [3.8, 4) is 0 Å². The zero-order chi connectivity index (χ0) is 14.7. The molecule has 2 saturated heterocycles. The molecule has 3 atom stereocenters. The van der Waals surface area contributed by atoms with Gasteiger partial charge < -0.3 is 15.3 Å². The smallest absolute Gasteiger partial charge is 0.327 e. The highest BCUT2D eigenvalue weighted by Gasteiger charge is 2.44. The molecule has 0 aromatic carbocycles. The van der Waals surface area contributed by atoms with Crippen molar-refractivity contribution >= 4 is 23.6 Å². The largest absolute Gasteiger partial charge is 0.480 e. The number of hydrogen-bond donors (Lipinski definition) is 2. The summed E-state index contributed by atoms with van der Waals surface area (Å²) >= 11 is 1.59. The number of carboxylic acid groups (broad SMARTS) is 1. The van der Waals surface area contributed by atoms with Crippen molar-refractivity contribution in [3.05, 3.63) is 0 Å². The standard InChI is InChI=1S/C14H24N2O3S/c1-9(2)13-16(11(8-20-13)14(18)19)12(17)10-6-4-3-5-7-15-10/h9-11,13,15H,3-8H2,1-2H3,(H,18,19). The van der Waals surface area contributed by atoms with E-state index in [0.29, 0.717) is 5.75 Å². The fraction of sp³-hybridized carbons (Fsp3) is 0.857. The Kier molecular flexibility index (Phi) is 5.32. The van der Waals surface area contributed by atoms with Gasteiger partial charge in [-0.25, -0.2) is 4.79 Å². The molecule has 5 nitrogen and oxygen atoms in total. The number of thioether (sulfide) groups is 1. The van der Waals surface area contributed by atoms with Crippen LogP contribution >= 0.6 is 11.8 Å². The van der Waals surface area contributed by atoms with Gasteiger partial charge in [-0.15, -0.1) is 11.8 Å². The third-order valence-corrected chi connectivity index (χ3v) is 5.62. The minimum Gasteiger partial charge on any atom is -0.480 e. The number of nitrogens with zero attached hydrogens (tertiary/aromatic N) is 1. The number of nitrogens with one attached hydrogen (secondary N) is 1. The van der Waals surface area contributed by atoms with Crippen LogP contribution < -0.4 is 5.32 Å². The lowest BCUT2D eigenvalue weighted by Crippen LogP contribution is -2.54. The van der Waals surface area contributed by atoms with Gasteiger partial charge in [0.25, 0.3) is 0 Å². The Balaban J connectivity index is 2.15. The van der Waals surface area contributed by atoms with E-state index in [-0.39, 0.29) is 23.2 Å². The molecule has 0 spiro atoms. The maximum atomic E-state index is 12.8. The number of carbonyl (C=O) groups is 2. The van der Waals surface area contributed by atoms with E-state index in [1.165, 1.54) is 0 Å². The van der Waals surface area contributed by atoms with Gasteiger partial charge in [-0.1, -0.05) is 26.7 Å². The van der Waals surface area contributed by atoms with Crippen LogP contribution in [0.5, 0.6) is 0 Å². The van der Waals surface area contributed by atoms with Crippen LogP contribution in [0.2, 0.25) is 0 Å². The summed E-state index contributed by atoms with van der Waals surface area (Å²) in [5, 5.41) is 12.6. The average molecular weight is 300 g/mol. The van der Waals surface area contributed by atoms with Crippen LogP contribution in [0.25, 0.3) is 0 Å². The first-order chi connectivity index (χ1) is 9.52. The predicted molar refractivity (Wildman–Crippen MR) is 79.6 cm³/mol. The number of hydrogen-bond acceptors (Lipinski definition) is 4. The van der Waals surface area contributed by atoms with E-state index in [4.69, 9.17) is 0 Å². The van der Waals surface area contributed by atoms with Crippen LogP contribution in [0.3, 0.4) is 0 Å².